The highest BCUT2D eigenvalue weighted by atomic mass is 16.5. The van der Waals surface area contributed by atoms with Crippen LogP contribution in [0.2, 0.25) is 0 Å². The maximum atomic E-state index is 8.67. The van der Waals surface area contributed by atoms with Crippen molar-refractivity contribution < 1.29 is 9.84 Å². The lowest BCUT2D eigenvalue weighted by Gasteiger charge is -2.12. The molecule has 98 valence electrons. The zero-order chi connectivity index (χ0) is 12.8. The Labute approximate surface area is 103 Å². The van der Waals surface area contributed by atoms with Crippen LogP contribution in [0, 0.1) is 6.92 Å². The zero-order valence-electron chi connectivity index (χ0n) is 10.9. The third-order valence-electron chi connectivity index (χ3n) is 2.62. The number of unbranched alkanes of at least 4 members (excludes halogenated alkanes) is 2. The van der Waals surface area contributed by atoms with Crippen LogP contribution in [0.25, 0.3) is 0 Å². The molecule has 0 unspecified atom stereocenters. The summed E-state index contributed by atoms with van der Waals surface area (Å²) in [5.74, 6) is 0.668. The maximum absolute atomic E-state index is 8.67. The molecule has 1 rings (SSSR count). The second-order valence-electron chi connectivity index (χ2n) is 4.48. The van der Waals surface area contributed by atoms with Gasteiger partial charge in [0.05, 0.1) is 18.3 Å². The van der Waals surface area contributed by atoms with Crippen molar-refractivity contribution in [1.29, 1.82) is 0 Å². The van der Waals surface area contributed by atoms with Crippen LogP contribution in [-0.2, 0) is 0 Å². The summed E-state index contributed by atoms with van der Waals surface area (Å²) in [6.07, 6.45) is 2.70. The summed E-state index contributed by atoms with van der Waals surface area (Å²) in [6, 6.07) is 0.235. The first-order valence-electron chi connectivity index (χ1n) is 6.16. The van der Waals surface area contributed by atoms with E-state index in [-0.39, 0.29) is 12.6 Å². The monoisotopic (exact) mass is 241 g/mol. The van der Waals surface area contributed by atoms with Gasteiger partial charge in [-0.25, -0.2) is 4.68 Å². The van der Waals surface area contributed by atoms with Crippen molar-refractivity contribution in [1.82, 2.24) is 9.78 Å². The first kappa shape index (κ1) is 13.8. The average Bonchev–Trinajstić information content (AvgIpc) is 2.57. The fraction of sp³-hybridized carbons (Fsp3) is 0.750. The average molecular weight is 241 g/mol. The number of hydrogen-bond acceptors (Lipinski definition) is 4. The lowest BCUT2D eigenvalue weighted by Crippen LogP contribution is -2.09. The van der Waals surface area contributed by atoms with Crippen molar-refractivity contribution in [3.63, 3.8) is 0 Å². The number of nitrogens with zero attached hydrogens (tertiary/aromatic N) is 2. The highest BCUT2D eigenvalue weighted by Gasteiger charge is 2.15. The summed E-state index contributed by atoms with van der Waals surface area (Å²) in [6.45, 7) is 6.83. The second kappa shape index (κ2) is 6.49. The molecular weight excluding hydrogens is 218 g/mol. The molecule has 0 aliphatic carbocycles. The molecule has 1 aromatic rings. The minimum atomic E-state index is 0.235. The summed E-state index contributed by atoms with van der Waals surface area (Å²) in [7, 11) is 0. The first-order valence-corrected chi connectivity index (χ1v) is 6.16. The minimum Gasteiger partial charge on any atom is -0.476 e. The fourth-order valence-electron chi connectivity index (χ4n) is 1.59. The Balaban J connectivity index is 2.57. The van der Waals surface area contributed by atoms with Crippen molar-refractivity contribution in [2.24, 2.45) is 0 Å². The first-order chi connectivity index (χ1) is 8.07. The molecule has 1 aromatic heterocycles. The molecular formula is C12H23N3O2. The Morgan fingerprint density at radius 3 is 2.65 bits per heavy atom. The normalized spacial score (nSPS) is 11.1. The molecule has 0 fully saturated rings. The van der Waals surface area contributed by atoms with Gasteiger partial charge >= 0.3 is 0 Å². The van der Waals surface area contributed by atoms with E-state index in [1.165, 1.54) is 0 Å². The van der Waals surface area contributed by atoms with Gasteiger partial charge in [-0.1, -0.05) is 0 Å². The molecule has 0 saturated carbocycles. The van der Waals surface area contributed by atoms with Gasteiger partial charge in [-0.05, 0) is 40.0 Å². The van der Waals surface area contributed by atoms with Crippen LogP contribution in [0.15, 0.2) is 0 Å². The van der Waals surface area contributed by atoms with Gasteiger partial charge in [0.25, 0.3) is 0 Å². The molecule has 5 nitrogen and oxygen atoms in total. The Morgan fingerprint density at radius 1 is 1.35 bits per heavy atom. The van der Waals surface area contributed by atoms with Gasteiger partial charge in [0.2, 0.25) is 5.88 Å². The molecule has 17 heavy (non-hydrogen) atoms. The topological polar surface area (TPSA) is 73.3 Å². The highest BCUT2D eigenvalue weighted by Crippen LogP contribution is 2.28. The van der Waals surface area contributed by atoms with Crippen LogP contribution in [0.5, 0.6) is 5.88 Å². The van der Waals surface area contributed by atoms with E-state index in [1.54, 1.807) is 0 Å². The third kappa shape index (κ3) is 3.63. The summed E-state index contributed by atoms with van der Waals surface area (Å²) in [5.41, 5.74) is 7.37. The minimum absolute atomic E-state index is 0.235. The smallest absolute Gasteiger partial charge is 0.236 e. The van der Waals surface area contributed by atoms with E-state index in [2.05, 4.69) is 5.10 Å². The van der Waals surface area contributed by atoms with E-state index in [0.717, 1.165) is 25.0 Å². The SMILES string of the molecule is Cc1nn(C(C)C)c(OCCCCCO)c1N. The summed E-state index contributed by atoms with van der Waals surface area (Å²) in [4.78, 5) is 0. The maximum Gasteiger partial charge on any atom is 0.236 e. The zero-order valence-corrected chi connectivity index (χ0v) is 10.9. The molecule has 0 atom stereocenters. The Morgan fingerprint density at radius 2 is 2.06 bits per heavy atom. The molecule has 0 aromatic carbocycles. The van der Waals surface area contributed by atoms with Crippen LogP contribution in [-0.4, -0.2) is 28.1 Å². The highest BCUT2D eigenvalue weighted by molar-refractivity contribution is 5.52. The molecule has 0 saturated heterocycles. The van der Waals surface area contributed by atoms with E-state index in [4.69, 9.17) is 15.6 Å². The quantitative estimate of drug-likeness (QED) is 0.715. The molecule has 0 radical (unpaired) electrons. The number of ether oxygens (including phenoxy) is 1. The van der Waals surface area contributed by atoms with Gasteiger partial charge in [-0.15, -0.1) is 0 Å². The van der Waals surface area contributed by atoms with Crippen LogP contribution >= 0.6 is 0 Å². The molecule has 3 N–H and O–H groups in total. The molecule has 5 heteroatoms. The van der Waals surface area contributed by atoms with E-state index in [0.29, 0.717) is 18.2 Å². The standard InChI is InChI=1S/C12H23N3O2/c1-9(2)15-12(11(13)10(3)14-15)17-8-6-4-5-7-16/h9,16H,4-8,13H2,1-3H3. The van der Waals surface area contributed by atoms with Crippen LogP contribution < -0.4 is 10.5 Å². The van der Waals surface area contributed by atoms with Gasteiger partial charge in [-0.3, -0.25) is 0 Å². The Hall–Kier alpha value is -1.23. The molecule has 0 amide bonds. The molecule has 0 bridgehead atoms. The predicted molar refractivity (Wildman–Crippen MR) is 68.2 cm³/mol. The van der Waals surface area contributed by atoms with E-state index in [9.17, 15) is 0 Å². The van der Waals surface area contributed by atoms with Gasteiger partial charge in [0.1, 0.15) is 5.69 Å². The molecule has 1 heterocycles. The summed E-state index contributed by atoms with van der Waals surface area (Å²) in [5, 5.41) is 13.0. The van der Waals surface area contributed by atoms with Crippen molar-refractivity contribution >= 4 is 5.69 Å². The van der Waals surface area contributed by atoms with Crippen molar-refractivity contribution in [2.75, 3.05) is 18.9 Å². The van der Waals surface area contributed by atoms with E-state index >= 15 is 0 Å². The number of aryl methyl sites for hydroxylation is 1. The van der Waals surface area contributed by atoms with Gasteiger partial charge in [-0.2, -0.15) is 5.10 Å². The van der Waals surface area contributed by atoms with E-state index in [1.807, 2.05) is 25.5 Å². The number of hydrogen-bond donors (Lipinski definition) is 2. The Bertz CT molecular complexity index is 348. The van der Waals surface area contributed by atoms with Gasteiger partial charge < -0.3 is 15.6 Å². The van der Waals surface area contributed by atoms with Crippen molar-refractivity contribution in [2.45, 2.75) is 46.1 Å². The summed E-state index contributed by atoms with van der Waals surface area (Å²) < 4.78 is 7.51. The Kier molecular flexibility index (Phi) is 5.28. The van der Waals surface area contributed by atoms with Gasteiger partial charge in [0.15, 0.2) is 0 Å². The number of aromatic nitrogens is 2. The second-order valence-corrected chi connectivity index (χ2v) is 4.48. The van der Waals surface area contributed by atoms with Crippen molar-refractivity contribution in [3.05, 3.63) is 5.69 Å². The number of aliphatic hydroxyl groups excluding tert-OH is 1. The lowest BCUT2D eigenvalue weighted by molar-refractivity contribution is 0.251. The molecule has 0 spiro atoms. The summed E-state index contributed by atoms with van der Waals surface area (Å²) >= 11 is 0. The van der Waals surface area contributed by atoms with E-state index < -0.39 is 0 Å². The van der Waals surface area contributed by atoms with Crippen LogP contribution in [0.4, 0.5) is 5.69 Å². The largest absolute Gasteiger partial charge is 0.476 e. The molecule has 0 aliphatic heterocycles. The number of nitrogens with two attached hydrogens (primary N) is 1. The van der Waals surface area contributed by atoms with Crippen LogP contribution in [0.1, 0.15) is 44.8 Å². The van der Waals surface area contributed by atoms with Crippen molar-refractivity contribution in [3.8, 4) is 5.88 Å². The number of aliphatic hydroxyl groups is 1. The number of rotatable bonds is 7. The third-order valence-corrected chi connectivity index (χ3v) is 2.62. The number of anilines is 1. The predicted octanol–water partition coefficient (Wildman–Crippen LogP) is 1.90. The van der Waals surface area contributed by atoms with Gasteiger partial charge in [0, 0.05) is 6.61 Å². The number of nitrogen functional groups attached to an aromatic ring is 1. The molecule has 0 aliphatic rings. The van der Waals surface area contributed by atoms with Crippen LogP contribution in [0.3, 0.4) is 0 Å². The fourth-order valence-corrected chi connectivity index (χ4v) is 1.59. The lowest BCUT2D eigenvalue weighted by atomic mass is 10.2.